The van der Waals surface area contributed by atoms with Crippen LogP contribution in [0.25, 0.3) is 0 Å². The molecule has 0 aliphatic heterocycles. The average Bonchev–Trinajstić information content (AvgIpc) is 2.31. The molecule has 0 saturated carbocycles. The highest BCUT2D eigenvalue weighted by Crippen LogP contribution is 2.16. The molecule has 0 heterocycles. The second-order valence-corrected chi connectivity index (χ2v) is 4.88. The van der Waals surface area contributed by atoms with E-state index < -0.39 is 0 Å². The van der Waals surface area contributed by atoms with Crippen molar-refractivity contribution < 1.29 is 9.59 Å². The van der Waals surface area contributed by atoms with E-state index in [0.717, 1.165) is 30.7 Å². The molecule has 0 amide bonds. The standard InChI is InChI=1S/C15H26NO/c1-3-10-16(11-4-2,12-13-17)14-15-8-6-5-7-9-15/h5-9,17H,3-4,10-14H2,1-2H3/q+1. The van der Waals surface area contributed by atoms with E-state index in [0.29, 0.717) is 0 Å². The van der Waals surface area contributed by atoms with Crippen LogP contribution in [0.3, 0.4) is 0 Å². The Bertz CT molecular complexity index is 280. The van der Waals surface area contributed by atoms with Crippen LogP contribution >= 0.6 is 0 Å². The molecule has 0 bridgehead atoms. The molecule has 1 rings (SSSR count). The molecule has 0 aromatic heterocycles. The number of quaternary nitrogens is 1. The van der Waals surface area contributed by atoms with Crippen molar-refractivity contribution in [3.63, 3.8) is 0 Å². The van der Waals surface area contributed by atoms with Gasteiger partial charge in [0.25, 0.3) is 0 Å². The zero-order valence-electron chi connectivity index (χ0n) is 11.2. The number of benzene rings is 1. The second-order valence-electron chi connectivity index (χ2n) is 4.88. The van der Waals surface area contributed by atoms with E-state index in [1.165, 1.54) is 18.4 Å². The van der Waals surface area contributed by atoms with Crippen LogP contribution in [0, 0.1) is 0 Å². The van der Waals surface area contributed by atoms with Crippen molar-refractivity contribution in [2.24, 2.45) is 0 Å². The first kappa shape index (κ1) is 14.2. The molecule has 2 heteroatoms. The molecule has 0 fully saturated rings. The first-order chi connectivity index (χ1) is 8.26. The summed E-state index contributed by atoms with van der Waals surface area (Å²) in [5, 5.41) is 9.32. The number of aliphatic hydroxyl groups excluding tert-OH is 1. The van der Waals surface area contributed by atoms with E-state index in [1.807, 2.05) is 0 Å². The van der Waals surface area contributed by atoms with E-state index in [2.05, 4.69) is 44.2 Å². The first-order valence-corrected chi connectivity index (χ1v) is 6.76. The minimum Gasteiger partial charge on any atom is -0.391 e. The van der Waals surface area contributed by atoms with Crippen LogP contribution < -0.4 is 0 Å². The summed E-state index contributed by atoms with van der Waals surface area (Å²) in [6.07, 6.45) is 2.35. The van der Waals surface area contributed by atoms with Crippen LogP contribution in [0.2, 0.25) is 0 Å². The van der Waals surface area contributed by atoms with Crippen LogP contribution in [-0.2, 0) is 6.54 Å². The summed E-state index contributed by atoms with van der Waals surface area (Å²) in [6, 6.07) is 10.6. The monoisotopic (exact) mass is 236 g/mol. The van der Waals surface area contributed by atoms with Crippen LogP contribution in [0.4, 0.5) is 0 Å². The summed E-state index contributed by atoms with van der Waals surface area (Å²) in [5.41, 5.74) is 1.38. The minimum atomic E-state index is 0.285. The van der Waals surface area contributed by atoms with E-state index in [-0.39, 0.29) is 6.61 Å². The Hall–Kier alpha value is -0.860. The van der Waals surface area contributed by atoms with Gasteiger partial charge in [-0.2, -0.15) is 0 Å². The van der Waals surface area contributed by atoms with Gasteiger partial charge < -0.3 is 9.59 Å². The lowest BCUT2D eigenvalue weighted by Crippen LogP contribution is -2.50. The average molecular weight is 236 g/mol. The van der Waals surface area contributed by atoms with Crippen molar-refractivity contribution in [3.05, 3.63) is 35.9 Å². The molecule has 0 saturated heterocycles. The van der Waals surface area contributed by atoms with E-state index in [9.17, 15) is 5.11 Å². The third kappa shape index (κ3) is 4.49. The van der Waals surface area contributed by atoms with Crippen LogP contribution in [0.5, 0.6) is 0 Å². The molecule has 1 aromatic carbocycles. The second kappa shape index (κ2) is 7.46. The highest BCUT2D eigenvalue weighted by atomic mass is 16.3. The molecule has 96 valence electrons. The van der Waals surface area contributed by atoms with Crippen molar-refractivity contribution in [1.29, 1.82) is 0 Å². The number of hydrogen-bond donors (Lipinski definition) is 1. The van der Waals surface area contributed by atoms with Crippen molar-refractivity contribution in [1.82, 2.24) is 0 Å². The van der Waals surface area contributed by atoms with Gasteiger partial charge in [0.1, 0.15) is 13.1 Å². The summed E-state index contributed by atoms with van der Waals surface area (Å²) >= 11 is 0. The molecule has 1 aromatic rings. The van der Waals surface area contributed by atoms with Gasteiger partial charge in [0, 0.05) is 5.56 Å². The highest BCUT2D eigenvalue weighted by Gasteiger charge is 2.25. The molecular weight excluding hydrogens is 210 g/mol. The smallest absolute Gasteiger partial charge is 0.104 e. The highest BCUT2D eigenvalue weighted by molar-refractivity contribution is 5.13. The lowest BCUT2D eigenvalue weighted by atomic mass is 10.1. The first-order valence-electron chi connectivity index (χ1n) is 6.76. The molecule has 0 unspecified atom stereocenters. The Labute approximate surface area is 105 Å². The van der Waals surface area contributed by atoms with Crippen molar-refractivity contribution in [2.45, 2.75) is 33.2 Å². The van der Waals surface area contributed by atoms with Gasteiger partial charge in [0.15, 0.2) is 0 Å². The van der Waals surface area contributed by atoms with Gasteiger partial charge in [-0.15, -0.1) is 0 Å². The van der Waals surface area contributed by atoms with Crippen molar-refractivity contribution in [3.8, 4) is 0 Å². The molecular formula is C15H26NO+. The molecule has 0 radical (unpaired) electrons. The Morgan fingerprint density at radius 3 is 2.00 bits per heavy atom. The third-order valence-corrected chi connectivity index (χ3v) is 3.33. The van der Waals surface area contributed by atoms with Crippen LogP contribution in [0.15, 0.2) is 30.3 Å². The predicted molar refractivity (Wildman–Crippen MR) is 72.7 cm³/mol. The van der Waals surface area contributed by atoms with Gasteiger partial charge in [-0.3, -0.25) is 0 Å². The largest absolute Gasteiger partial charge is 0.391 e. The predicted octanol–water partition coefficient (Wildman–Crippen LogP) is 2.82. The quantitative estimate of drug-likeness (QED) is 0.688. The number of aliphatic hydroxyl groups is 1. The van der Waals surface area contributed by atoms with Gasteiger partial charge in [0.2, 0.25) is 0 Å². The van der Waals surface area contributed by atoms with Gasteiger partial charge >= 0.3 is 0 Å². The topological polar surface area (TPSA) is 20.2 Å². The number of rotatable bonds is 8. The Morgan fingerprint density at radius 2 is 1.53 bits per heavy atom. The maximum Gasteiger partial charge on any atom is 0.104 e. The van der Waals surface area contributed by atoms with Crippen molar-refractivity contribution in [2.75, 3.05) is 26.2 Å². The van der Waals surface area contributed by atoms with Crippen LogP contribution in [-0.4, -0.2) is 35.8 Å². The van der Waals surface area contributed by atoms with E-state index in [4.69, 9.17) is 0 Å². The molecule has 0 atom stereocenters. The fraction of sp³-hybridized carbons (Fsp3) is 0.600. The summed E-state index contributed by atoms with van der Waals surface area (Å²) in [4.78, 5) is 0. The Morgan fingerprint density at radius 1 is 0.941 bits per heavy atom. The molecule has 2 nitrogen and oxygen atoms in total. The van der Waals surface area contributed by atoms with Gasteiger partial charge in [-0.25, -0.2) is 0 Å². The Balaban J connectivity index is 2.80. The summed E-state index contributed by atoms with van der Waals surface area (Å²) in [5.74, 6) is 0. The normalized spacial score (nSPS) is 11.7. The zero-order valence-corrected chi connectivity index (χ0v) is 11.2. The fourth-order valence-corrected chi connectivity index (χ4v) is 2.70. The third-order valence-electron chi connectivity index (χ3n) is 3.33. The molecule has 0 aliphatic rings. The van der Waals surface area contributed by atoms with E-state index in [1.54, 1.807) is 0 Å². The number of hydrogen-bond acceptors (Lipinski definition) is 1. The Kier molecular flexibility index (Phi) is 6.23. The zero-order chi connectivity index (χ0) is 12.6. The maximum atomic E-state index is 9.32. The summed E-state index contributed by atoms with van der Waals surface area (Å²) in [7, 11) is 0. The van der Waals surface area contributed by atoms with Gasteiger partial charge in [-0.05, 0) is 12.8 Å². The number of nitrogens with zero attached hydrogens (tertiary/aromatic N) is 1. The van der Waals surface area contributed by atoms with E-state index >= 15 is 0 Å². The molecule has 0 aliphatic carbocycles. The summed E-state index contributed by atoms with van der Waals surface area (Å²) < 4.78 is 1.02. The maximum absolute atomic E-state index is 9.32. The summed E-state index contributed by atoms with van der Waals surface area (Å²) in [6.45, 7) is 8.97. The van der Waals surface area contributed by atoms with Gasteiger partial charge in [0.05, 0.1) is 19.7 Å². The molecule has 0 spiro atoms. The fourth-order valence-electron chi connectivity index (χ4n) is 2.70. The van der Waals surface area contributed by atoms with Crippen LogP contribution in [0.1, 0.15) is 32.3 Å². The minimum absolute atomic E-state index is 0.285. The molecule has 17 heavy (non-hydrogen) atoms. The van der Waals surface area contributed by atoms with Crippen molar-refractivity contribution >= 4 is 0 Å². The lowest BCUT2D eigenvalue weighted by Gasteiger charge is -2.38. The lowest BCUT2D eigenvalue weighted by molar-refractivity contribution is -0.941. The SMILES string of the molecule is CCC[N+](CCC)(CCO)Cc1ccccc1. The molecule has 1 N–H and O–H groups in total. The van der Waals surface area contributed by atoms with Gasteiger partial charge in [-0.1, -0.05) is 44.2 Å².